The zero-order valence-corrected chi connectivity index (χ0v) is 12.5. The van der Waals surface area contributed by atoms with Gasteiger partial charge in [-0.2, -0.15) is 5.10 Å². The lowest BCUT2D eigenvalue weighted by Gasteiger charge is -2.10. The first kappa shape index (κ1) is 14.4. The van der Waals surface area contributed by atoms with Gasteiger partial charge in [-0.3, -0.25) is 4.68 Å². The van der Waals surface area contributed by atoms with Gasteiger partial charge >= 0.3 is 0 Å². The number of benzene rings is 1. The van der Waals surface area contributed by atoms with Crippen LogP contribution in [0.1, 0.15) is 11.1 Å². The van der Waals surface area contributed by atoms with Gasteiger partial charge in [-0.25, -0.2) is 0 Å². The third-order valence-corrected chi connectivity index (χ3v) is 3.23. The number of amidine groups is 1. The molecule has 0 spiro atoms. The molecule has 0 radical (unpaired) electrons. The summed E-state index contributed by atoms with van der Waals surface area (Å²) in [6.45, 7) is 0.485. The van der Waals surface area contributed by atoms with E-state index < -0.39 is 0 Å². The first-order chi connectivity index (χ1) is 9.60. The minimum atomic E-state index is 0.0164. The standard InChI is InChI=1S/C13H15BrN4O2/c1-18-8-9(7-16-18)4-5-20-12-3-2-10(14)6-11(12)13(15)17-19/h2-3,6-8,19H,4-5H2,1H3,(H2,15,17). The SMILES string of the molecule is Cn1cc(CCOc2ccc(Br)cc2/C(N)=N/O)cn1. The molecule has 0 saturated heterocycles. The minimum Gasteiger partial charge on any atom is -0.492 e. The number of oxime groups is 1. The minimum absolute atomic E-state index is 0.0164. The van der Waals surface area contributed by atoms with Gasteiger partial charge in [-0.1, -0.05) is 21.1 Å². The van der Waals surface area contributed by atoms with Gasteiger partial charge in [-0.15, -0.1) is 0 Å². The van der Waals surface area contributed by atoms with Crippen molar-refractivity contribution >= 4 is 21.8 Å². The molecule has 0 saturated carbocycles. The number of nitrogens with zero attached hydrogens (tertiary/aromatic N) is 3. The Balaban J connectivity index is 2.05. The number of hydrogen-bond acceptors (Lipinski definition) is 4. The second-order valence-corrected chi connectivity index (χ2v) is 5.16. The molecule has 0 fully saturated rings. The monoisotopic (exact) mass is 338 g/mol. The van der Waals surface area contributed by atoms with E-state index in [1.54, 1.807) is 23.0 Å². The van der Waals surface area contributed by atoms with Crippen molar-refractivity contribution in [2.24, 2.45) is 17.9 Å². The molecular formula is C13H15BrN4O2. The summed E-state index contributed by atoms with van der Waals surface area (Å²) in [5.74, 6) is 0.593. The summed E-state index contributed by atoms with van der Waals surface area (Å²) in [4.78, 5) is 0. The van der Waals surface area contributed by atoms with E-state index in [4.69, 9.17) is 15.7 Å². The van der Waals surface area contributed by atoms with Crippen LogP contribution in [0.15, 0.2) is 40.2 Å². The van der Waals surface area contributed by atoms with E-state index in [2.05, 4.69) is 26.2 Å². The van der Waals surface area contributed by atoms with Crippen molar-refractivity contribution in [3.05, 3.63) is 46.2 Å². The van der Waals surface area contributed by atoms with Crippen molar-refractivity contribution < 1.29 is 9.94 Å². The molecule has 1 aromatic heterocycles. The fourth-order valence-electron chi connectivity index (χ4n) is 1.76. The highest BCUT2D eigenvalue weighted by atomic mass is 79.9. The third kappa shape index (κ3) is 3.51. The maximum atomic E-state index is 8.79. The van der Waals surface area contributed by atoms with Crippen molar-refractivity contribution in [1.82, 2.24) is 9.78 Å². The van der Waals surface area contributed by atoms with E-state index in [0.29, 0.717) is 17.9 Å². The maximum absolute atomic E-state index is 8.79. The molecule has 0 unspecified atom stereocenters. The molecule has 0 atom stereocenters. The quantitative estimate of drug-likeness (QED) is 0.377. The fourth-order valence-corrected chi connectivity index (χ4v) is 2.12. The van der Waals surface area contributed by atoms with Crippen LogP contribution in [0, 0.1) is 0 Å². The van der Waals surface area contributed by atoms with Gasteiger partial charge in [0.25, 0.3) is 0 Å². The smallest absolute Gasteiger partial charge is 0.173 e. The van der Waals surface area contributed by atoms with Crippen LogP contribution in [0.5, 0.6) is 5.75 Å². The number of aromatic nitrogens is 2. The first-order valence-corrected chi connectivity index (χ1v) is 6.77. The molecule has 0 aliphatic heterocycles. The Labute approximate surface area is 125 Å². The molecule has 1 aromatic carbocycles. The van der Waals surface area contributed by atoms with Crippen LogP contribution in [0.2, 0.25) is 0 Å². The summed E-state index contributed by atoms with van der Waals surface area (Å²) in [5.41, 5.74) is 7.28. The number of rotatable bonds is 5. The van der Waals surface area contributed by atoms with E-state index in [0.717, 1.165) is 16.5 Å². The molecule has 106 valence electrons. The molecule has 6 nitrogen and oxygen atoms in total. The van der Waals surface area contributed by atoms with Gasteiger partial charge in [0, 0.05) is 24.1 Å². The lowest BCUT2D eigenvalue weighted by atomic mass is 10.2. The molecule has 3 N–H and O–H groups in total. The molecule has 2 rings (SSSR count). The van der Waals surface area contributed by atoms with Gasteiger partial charge in [0.05, 0.1) is 18.4 Å². The summed E-state index contributed by atoms with van der Waals surface area (Å²) >= 11 is 3.34. The molecule has 0 amide bonds. The molecular weight excluding hydrogens is 324 g/mol. The zero-order valence-electron chi connectivity index (χ0n) is 11.0. The summed E-state index contributed by atoms with van der Waals surface area (Å²) in [5, 5.41) is 15.9. The number of ether oxygens (including phenoxy) is 1. The predicted octanol–water partition coefficient (Wildman–Crippen LogP) is 1.90. The van der Waals surface area contributed by atoms with Crippen LogP contribution in [0.3, 0.4) is 0 Å². The summed E-state index contributed by atoms with van der Waals surface area (Å²) in [6.07, 6.45) is 4.48. The van der Waals surface area contributed by atoms with Gasteiger partial charge < -0.3 is 15.7 Å². The topological polar surface area (TPSA) is 85.7 Å². The zero-order chi connectivity index (χ0) is 14.5. The Kier molecular flexibility index (Phi) is 4.62. The highest BCUT2D eigenvalue weighted by Gasteiger charge is 2.09. The van der Waals surface area contributed by atoms with E-state index in [1.165, 1.54) is 0 Å². The van der Waals surface area contributed by atoms with Gasteiger partial charge in [-0.05, 0) is 23.8 Å². The van der Waals surface area contributed by atoms with Gasteiger partial charge in [0.15, 0.2) is 5.84 Å². The molecule has 2 aromatic rings. The number of aryl methyl sites for hydroxylation is 1. The van der Waals surface area contributed by atoms with Crippen LogP contribution in [0.4, 0.5) is 0 Å². The molecule has 0 bridgehead atoms. The highest BCUT2D eigenvalue weighted by molar-refractivity contribution is 9.10. The predicted molar refractivity (Wildman–Crippen MR) is 79.1 cm³/mol. The lowest BCUT2D eigenvalue weighted by molar-refractivity contribution is 0.313. The molecule has 20 heavy (non-hydrogen) atoms. The Morgan fingerprint density at radius 3 is 3.00 bits per heavy atom. The molecule has 0 aliphatic rings. The normalized spacial score (nSPS) is 11.6. The Hall–Kier alpha value is -2.02. The number of halogens is 1. The average molecular weight is 339 g/mol. The van der Waals surface area contributed by atoms with E-state index in [1.807, 2.05) is 19.3 Å². The molecule has 1 heterocycles. The van der Waals surface area contributed by atoms with Gasteiger partial charge in [0.1, 0.15) is 5.75 Å². The van der Waals surface area contributed by atoms with Gasteiger partial charge in [0.2, 0.25) is 0 Å². The highest BCUT2D eigenvalue weighted by Crippen LogP contribution is 2.23. The fraction of sp³-hybridized carbons (Fsp3) is 0.231. The van der Waals surface area contributed by atoms with Crippen LogP contribution in [-0.2, 0) is 13.5 Å². The molecule has 7 heteroatoms. The summed E-state index contributed by atoms with van der Waals surface area (Å²) < 4.78 is 8.28. The second kappa shape index (κ2) is 6.42. The van der Waals surface area contributed by atoms with Crippen LogP contribution >= 0.6 is 15.9 Å². The average Bonchev–Trinajstić information content (AvgIpc) is 2.85. The Morgan fingerprint density at radius 2 is 2.35 bits per heavy atom. The second-order valence-electron chi connectivity index (χ2n) is 4.25. The number of hydrogen-bond donors (Lipinski definition) is 2. The number of nitrogens with two attached hydrogens (primary N) is 1. The van der Waals surface area contributed by atoms with E-state index in [9.17, 15) is 0 Å². The van der Waals surface area contributed by atoms with Crippen molar-refractivity contribution in [3.8, 4) is 5.75 Å². The van der Waals surface area contributed by atoms with Crippen LogP contribution in [-0.4, -0.2) is 27.4 Å². The van der Waals surface area contributed by atoms with E-state index in [-0.39, 0.29) is 5.84 Å². The molecule has 0 aliphatic carbocycles. The summed E-state index contributed by atoms with van der Waals surface area (Å²) in [7, 11) is 1.87. The van der Waals surface area contributed by atoms with E-state index >= 15 is 0 Å². The Bertz CT molecular complexity index is 625. The summed E-state index contributed by atoms with van der Waals surface area (Å²) in [6, 6.07) is 5.36. The lowest BCUT2D eigenvalue weighted by Crippen LogP contribution is -2.15. The van der Waals surface area contributed by atoms with Crippen molar-refractivity contribution in [1.29, 1.82) is 0 Å². The maximum Gasteiger partial charge on any atom is 0.173 e. The van der Waals surface area contributed by atoms with Crippen molar-refractivity contribution in [2.45, 2.75) is 6.42 Å². The Morgan fingerprint density at radius 1 is 1.55 bits per heavy atom. The van der Waals surface area contributed by atoms with Crippen molar-refractivity contribution in [2.75, 3.05) is 6.61 Å². The third-order valence-electron chi connectivity index (χ3n) is 2.73. The first-order valence-electron chi connectivity index (χ1n) is 5.98. The van der Waals surface area contributed by atoms with Crippen molar-refractivity contribution in [3.63, 3.8) is 0 Å². The largest absolute Gasteiger partial charge is 0.492 e. The van der Waals surface area contributed by atoms with Crippen LogP contribution in [0.25, 0.3) is 0 Å². The van der Waals surface area contributed by atoms with Crippen LogP contribution < -0.4 is 10.5 Å².